The average molecular weight is 326 g/mol. The third-order valence-corrected chi connectivity index (χ3v) is 3.75. The molecule has 1 heterocycles. The number of carbonyl (C=O) groups excluding carboxylic acids is 2. The minimum Gasteiger partial charge on any atom is -0.464 e. The van der Waals surface area contributed by atoms with Gasteiger partial charge in [0.1, 0.15) is 6.07 Å². The number of nitrogens with two attached hydrogens (primary N) is 1. The highest BCUT2D eigenvalue weighted by molar-refractivity contribution is 5.96. The molecule has 0 saturated heterocycles. The largest absolute Gasteiger partial charge is 0.464 e. The second-order valence-electron chi connectivity index (χ2n) is 5.36. The molecule has 0 aliphatic carbocycles. The van der Waals surface area contributed by atoms with Gasteiger partial charge in [-0.05, 0) is 31.0 Å². The highest BCUT2D eigenvalue weighted by atomic mass is 16.5. The molecule has 0 spiro atoms. The summed E-state index contributed by atoms with van der Waals surface area (Å²) in [7, 11) is 1.25. The summed E-state index contributed by atoms with van der Waals surface area (Å²) in [6, 6.07) is 5.57. The zero-order valence-corrected chi connectivity index (χ0v) is 13.9. The summed E-state index contributed by atoms with van der Waals surface area (Å²) in [5.74, 6) is -0.841. The maximum atomic E-state index is 12.1. The Morgan fingerprint density at radius 2 is 2.00 bits per heavy atom. The number of hydrogen-bond donors (Lipinski definition) is 2. The van der Waals surface area contributed by atoms with Crippen molar-refractivity contribution in [2.75, 3.05) is 18.2 Å². The minimum atomic E-state index is -0.643. The molecule has 1 aromatic carbocycles. The number of esters is 1. The second kappa shape index (κ2) is 6.46. The fourth-order valence-electron chi connectivity index (χ4n) is 2.57. The number of nitriles is 1. The first kappa shape index (κ1) is 17.1. The Kier molecular flexibility index (Phi) is 4.60. The predicted octanol–water partition coefficient (Wildman–Crippen LogP) is 2.29. The van der Waals surface area contributed by atoms with Crippen LogP contribution >= 0.6 is 0 Å². The zero-order chi connectivity index (χ0) is 18.0. The van der Waals surface area contributed by atoms with E-state index in [1.807, 2.05) is 26.0 Å². The molecule has 1 aromatic heterocycles. The van der Waals surface area contributed by atoms with Crippen LogP contribution < -0.4 is 11.1 Å². The number of aryl methyl sites for hydroxylation is 1. The molecule has 2 aromatic rings. The van der Waals surface area contributed by atoms with Crippen LogP contribution in [0, 0.1) is 25.2 Å². The van der Waals surface area contributed by atoms with Gasteiger partial charge in [-0.15, -0.1) is 0 Å². The first-order valence-corrected chi connectivity index (χ1v) is 7.19. The molecular formula is C17H18N4O3. The van der Waals surface area contributed by atoms with Crippen molar-refractivity contribution < 1.29 is 14.3 Å². The SMILES string of the molecule is COC(=O)c1c(N)c(C#N)cn1-c1ccc(C)c(NC(C)=O)c1C. The lowest BCUT2D eigenvalue weighted by Gasteiger charge is -2.17. The Labute approximate surface area is 139 Å². The fourth-order valence-corrected chi connectivity index (χ4v) is 2.57. The van der Waals surface area contributed by atoms with Gasteiger partial charge in [0, 0.05) is 18.8 Å². The summed E-state index contributed by atoms with van der Waals surface area (Å²) in [6.45, 7) is 5.11. The zero-order valence-electron chi connectivity index (χ0n) is 13.9. The molecule has 7 nitrogen and oxygen atoms in total. The first-order valence-electron chi connectivity index (χ1n) is 7.19. The lowest BCUT2D eigenvalue weighted by Crippen LogP contribution is -2.14. The number of nitrogen functional groups attached to an aromatic ring is 1. The van der Waals surface area contributed by atoms with E-state index >= 15 is 0 Å². The smallest absolute Gasteiger partial charge is 0.357 e. The van der Waals surface area contributed by atoms with Crippen LogP contribution in [0.4, 0.5) is 11.4 Å². The molecule has 2 rings (SSSR count). The summed E-state index contributed by atoms with van der Waals surface area (Å²) in [5.41, 5.74) is 9.13. The van der Waals surface area contributed by atoms with Gasteiger partial charge in [-0.2, -0.15) is 5.26 Å². The summed E-state index contributed by atoms with van der Waals surface area (Å²) in [4.78, 5) is 23.5. The van der Waals surface area contributed by atoms with Crippen molar-refractivity contribution in [3.05, 3.63) is 40.7 Å². The molecule has 1 amide bonds. The highest BCUT2D eigenvalue weighted by Crippen LogP contribution is 2.31. The maximum Gasteiger partial charge on any atom is 0.357 e. The lowest BCUT2D eigenvalue weighted by molar-refractivity contribution is -0.114. The molecule has 0 aliphatic heterocycles. The van der Waals surface area contributed by atoms with Crippen molar-refractivity contribution in [3.8, 4) is 11.8 Å². The Balaban J connectivity index is 2.76. The standard InChI is InChI=1S/C17H18N4O3/c1-9-5-6-13(10(2)15(9)20-11(3)22)21-8-12(7-18)14(19)16(21)17(23)24-4/h5-6,8H,19H2,1-4H3,(H,20,22). The van der Waals surface area contributed by atoms with E-state index in [1.165, 1.54) is 24.8 Å². The normalized spacial score (nSPS) is 10.1. The van der Waals surface area contributed by atoms with Gasteiger partial charge < -0.3 is 20.4 Å². The van der Waals surface area contributed by atoms with Gasteiger partial charge >= 0.3 is 5.97 Å². The third kappa shape index (κ3) is 2.82. The summed E-state index contributed by atoms with van der Waals surface area (Å²) >= 11 is 0. The van der Waals surface area contributed by atoms with Gasteiger partial charge in [0.15, 0.2) is 5.69 Å². The van der Waals surface area contributed by atoms with Crippen LogP contribution in [-0.2, 0) is 9.53 Å². The van der Waals surface area contributed by atoms with Crippen LogP contribution in [0.3, 0.4) is 0 Å². The molecule has 7 heteroatoms. The van der Waals surface area contributed by atoms with E-state index in [-0.39, 0.29) is 22.9 Å². The molecular weight excluding hydrogens is 308 g/mol. The number of ether oxygens (including phenoxy) is 1. The van der Waals surface area contributed by atoms with Crippen molar-refractivity contribution in [1.29, 1.82) is 5.26 Å². The molecule has 0 fully saturated rings. The highest BCUT2D eigenvalue weighted by Gasteiger charge is 2.23. The van der Waals surface area contributed by atoms with Crippen LogP contribution in [0.5, 0.6) is 0 Å². The van der Waals surface area contributed by atoms with Crippen molar-refractivity contribution in [2.45, 2.75) is 20.8 Å². The molecule has 0 saturated carbocycles. The van der Waals surface area contributed by atoms with Gasteiger partial charge in [-0.3, -0.25) is 4.79 Å². The van der Waals surface area contributed by atoms with Crippen molar-refractivity contribution in [3.63, 3.8) is 0 Å². The Morgan fingerprint density at radius 3 is 2.54 bits per heavy atom. The van der Waals surface area contributed by atoms with Crippen molar-refractivity contribution in [1.82, 2.24) is 4.57 Å². The Hall–Kier alpha value is -3.27. The van der Waals surface area contributed by atoms with Crippen molar-refractivity contribution >= 4 is 23.3 Å². The van der Waals surface area contributed by atoms with Crippen LogP contribution in [0.15, 0.2) is 18.3 Å². The maximum absolute atomic E-state index is 12.1. The number of amides is 1. The van der Waals surface area contributed by atoms with Crippen molar-refractivity contribution in [2.24, 2.45) is 0 Å². The topological polar surface area (TPSA) is 110 Å². The predicted molar refractivity (Wildman–Crippen MR) is 90.0 cm³/mol. The number of carbonyl (C=O) groups is 2. The molecule has 0 bridgehead atoms. The molecule has 0 unspecified atom stereocenters. The number of benzene rings is 1. The lowest BCUT2D eigenvalue weighted by atomic mass is 10.1. The number of methoxy groups -OCH3 is 1. The van der Waals surface area contributed by atoms with E-state index in [9.17, 15) is 14.9 Å². The number of nitrogens with zero attached hydrogens (tertiary/aromatic N) is 2. The van der Waals surface area contributed by atoms with E-state index in [2.05, 4.69) is 5.32 Å². The molecule has 0 radical (unpaired) electrons. The van der Waals surface area contributed by atoms with E-state index in [4.69, 9.17) is 10.5 Å². The fraction of sp³-hybridized carbons (Fsp3) is 0.235. The molecule has 3 N–H and O–H groups in total. The van der Waals surface area contributed by atoms with E-state index in [0.717, 1.165) is 11.1 Å². The number of rotatable bonds is 3. The van der Waals surface area contributed by atoms with Crippen LogP contribution in [0.1, 0.15) is 34.1 Å². The summed E-state index contributed by atoms with van der Waals surface area (Å²) in [5, 5.41) is 12.0. The van der Waals surface area contributed by atoms with Gasteiger partial charge in [-0.1, -0.05) is 6.07 Å². The third-order valence-electron chi connectivity index (χ3n) is 3.75. The average Bonchev–Trinajstić information content (AvgIpc) is 2.87. The number of hydrogen-bond acceptors (Lipinski definition) is 5. The summed E-state index contributed by atoms with van der Waals surface area (Å²) in [6.07, 6.45) is 1.48. The van der Waals surface area contributed by atoms with Crippen LogP contribution in [0.2, 0.25) is 0 Å². The minimum absolute atomic E-state index is 0.0606. The van der Waals surface area contributed by atoms with Gasteiger partial charge in [-0.25, -0.2) is 4.79 Å². The molecule has 24 heavy (non-hydrogen) atoms. The van der Waals surface area contributed by atoms with Gasteiger partial charge in [0.2, 0.25) is 5.91 Å². The summed E-state index contributed by atoms with van der Waals surface area (Å²) < 4.78 is 6.29. The van der Waals surface area contributed by atoms with Gasteiger partial charge in [0.25, 0.3) is 0 Å². The first-order chi connectivity index (χ1) is 11.3. The van der Waals surface area contributed by atoms with E-state index in [0.29, 0.717) is 11.4 Å². The van der Waals surface area contributed by atoms with E-state index in [1.54, 1.807) is 6.07 Å². The monoisotopic (exact) mass is 326 g/mol. The Bertz CT molecular complexity index is 875. The van der Waals surface area contributed by atoms with Gasteiger partial charge in [0.05, 0.1) is 24.0 Å². The quantitative estimate of drug-likeness (QED) is 0.841. The molecule has 0 atom stereocenters. The van der Waals surface area contributed by atoms with E-state index < -0.39 is 5.97 Å². The number of aromatic nitrogens is 1. The Morgan fingerprint density at radius 1 is 1.33 bits per heavy atom. The van der Waals surface area contributed by atoms with Crippen LogP contribution in [-0.4, -0.2) is 23.6 Å². The molecule has 0 aliphatic rings. The second-order valence-corrected chi connectivity index (χ2v) is 5.36. The number of anilines is 2. The number of nitrogens with one attached hydrogen (secondary N) is 1. The van der Waals surface area contributed by atoms with Crippen LogP contribution in [0.25, 0.3) is 5.69 Å². The molecule has 124 valence electrons.